The summed E-state index contributed by atoms with van der Waals surface area (Å²) in [6.07, 6.45) is 1.97. The second-order valence-corrected chi connectivity index (χ2v) is 8.26. The van der Waals surface area contributed by atoms with Gasteiger partial charge in [-0.1, -0.05) is 25.9 Å². The summed E-state index contributed by atoms with van der Waals surface area (Å²) in [4.78, 5) is 25.7. The number of halogens is 1. The minimum Gasteiger partial charge on any atom is -0.436 e. The average Bonchev–Trinajstić information content (AvgIpc) is 3.38. The zero-order chi connectivity index (χ0) is 23.6. The average molecular weight is 454 g/mol. The van der Waals surface area contributed by atoms with Gasteiger partial charge in [0.15, 0.2) is 17.4 Å². The van der Waals surface area contributed by atoms with Crippen LogP contribution in [0.4, 0.5) is 15.0 Å². The Kier molecular flexibility index (Phi) is 5.97. The van der Waals surface area contributed by atoms with Crippen LogP contribution in [0.5, 0.6) is 11.6 Å². The third-order valence-corrected chi connectivity index (χ3v) is 4.67. The molecular formula is C22H23FN6O4. The van der Waals surface area contributed by atoms with Crippen LogP contribution in [-0.4, -0.2) is 33.0 Å². The van der Waals surface area contributed by atoms with E-state index in [2.05, 4.69) is 25.8 Å². The number of nitrogens with zero attached hydrogens (tertiary/aromatic N) is 4. The molecule has 0 fully saturated rings. The van der Waals surface area contributed by atoms with Gasteiger partial charge < -0.3 is 19.4 Å². The predicted octanol–water partition coefficient (Wildman–Crippen LogP) is 4.03. The van der Waals surface area contributed by atoms with E-state index in [1.165, 1.54) is 24.7 Å². The van der Waals surface area contributed by atoms with Gasteiger partial charge in [-0.05, 0) is 25.2 Å². The lowest BCUT2D eigenvalue weighted by molar-refractivity contribution is 0.153. The smallest absolute Gasteiger partial charge is 0.436 e. The van der Waals surface area contributed by atoms with Crippen LogP contribution >= 0.6 is 0 Å². The van der Waals surface area contributed by atoms with Crippen LogP contribution in [-0.2, 0) is 12.0 Å². The van der Waals surface area contributed by atoms with E-state index in [0.29, 0.717) is 23.5 Å². The monoisotopic (exact) mass is 454 g/mol. The molecule has 4 rings (SSSR count). The molecule has 1 amide bonds. The van der Waals surface area contributed by atoms with Gasteiger partial charge in [0, 0.05) is 35.7 Å². The molecule has 3 heterocycles. The SMILES string of the molecule is CNCc1cc(Oc2ccc3c(ccn3OC(=O)Nc3cc(C(C)(C)C)on3)c2F)ncn1. The van der Waals surface area contributed by atoms with Gasteiger partial charge in [-0.3, -0.25) is 5.32 Å². The minimum atomic E-state index is -0.806. The number of anilines is 1. The molecular weight excluding hydrogens is 431 g/mol. The first-order valence-electron chi connectivity index (χ1n) is 10.1. The van der Waals surface area contributed by atoms with E-state index in [9.17, 15) is 4.79 Å². The van der Waals surface area contributed by atoms with Crippen molar-refractivity contribution in [2.24, 2.45) is 0 Å². The third kappa shape index (κ3) is 4.93. The summed E-state index contributed by atoms with van der Waals surface area (Å²) in [6, 6.07) is 7.72. The fourth-order valence-corrected chi connectivity index (χ4v) is 3.02. The van der Waals surface area contributed by atoms with Crippen LogP contribution < -0.4 is 20.2 Å². The van der Waals surface area contributed by atoms with Crippen molar-refractivity contribution in [2.75, 3.05) is 12.4 Å². The van der Waals surface area contributed by atoms with Crippen molar-refractivity contribution in [2.45, 2.75) is 32.7 Å². The summed E-state index contributed by atoms with van der Waals surface area (Å²) in [5.41, 5.74) is 0.783. The van der Waals surface area contributed by atoms with Gasteiger partial charge >= 0.3 is 6.09 Å². The standard InChI is InChI=1S/C22H23FN6O4/c1-22(2,3)17-10-18(28-32-17)27-21(30)33-29-8-7-14-15(29)5-6-16(20(14)23)31-19-9-13(11-24-4)25-12-26-19/h5-10,12,24H,11H2,1-4H3,(H,27,28,30). The number of nitrogens with one attached hydrogen (secondary N) is 2. The maximum Gasteiger partial charge on any atom is 0.437 e. The number of ether oxygens (including phenoxy) is 1. The quantitative estimate of drug-likeness (QED) is 0.449. The first kappa shape index (κ1) is 22.2. The number of rotatable bonds is 6. The van der Waals surface area contributed by atoms with E-state index in [1.807, 2.05) is 20.8 Å². The molecule has 0 unspecified atom stereocenters. The summed E-state index contributed by atoms with van der Waals surface area (Å²) < 4.78 is 27.0. The number of hydrogen-bond donors (Lipinski definition) is 2. The van der Waals surface area contributed by atoms with Gasteiger partial charge in [-0.2, -0.15) is 4.73 Å². The second-order valence-electron chi connectivity index (χ2n) is 8.26. The first-order chi connectivity index (χ1) is 15.7. The maximum absolute atomic E-state index is 15.0. The molecule has 0 bridgehead atoms. The fourth-order valence-electron chi connectivity index (χ4n) is 3.02. The van der Waals surface area contributed by atoms with Crippen molar-refractivity contribution < 1.29 is 23.3 Å². The summed E-state index contributed by atoms with van der Waals surface area (Å²) in [5.74, 6) is 0.406. The van der Waals surface area contributed by atoms with Crippen molar-refractivity contribution in [3.05, 3.63) is 60.1 Å². The highest BCUT2D eigenvalue weighted by Gasteiger charge is 2.21. The van der Waals surface area contributed by atoms with Crippen LogP contribution in [0.3, 0.4) is 0 Å². The van der Waals surface area contributed by atoms with Crippen LogP contribution in [0.2, 0.25) is 0 Å². The van der Waals surface area contributed by atoms with Gasteiger partial charge in [-0.15, -0.1) is 0 Å². The number of hydrogen-bond acceptors (Lipinski definition) is 8. The highest BCUT2D eigenvalue weighted by Crippen LogP contribution is 2.30. The van der Waals surface area contributed by atoms with Gasteiger partial charge in [0.2, 0.25) is 5.88 Å². The summed E-state index contributed by atoms with van der Waals surface area (Å²) in [6.45, 7) is 6.40. The van der Waals surface area contributed by atoms with Crippen LogP contribution in [0.1, 0.15) is 32.2 Å². The van der Waals surface area contributed by atoms with Crippen LogP contribution in [0, 0.1) is 5.82 Å². The molecule has 0 saturated carbocycles. The Morgan fingerprint density at radius 1 is 1.21 bits per heavy atom. The zero-order valence-electron chi connectivity index (χ0n) is 18.5. The van der Waals surface area contributed by atoms with E-state index in [1.54, 1.807) is 25.2 Å². The Labute approximate surface area is 188 Å². The van der Waals surface area contributed by atoms with Gasteiger partial charge in [0.25, 0.3) is 0 Å². The lowest BCUT2D eigenvalue weighted by atomic mass is 9.93. The summed E-state index contributed by atoms with van der Waals surface area (Å²) >= 11 is 0. The van der Waals surface area contributed by atoms with Crippen LogP contribution in [0.15, 0.2) is 47.4 Å². The molecule has 4 aromatic rings. The van der Waals surface area contributed by atoms with Gasteiger partial charge in [0.05, 0.1) is 11.2 Å². The number of carbonyl (C=O) groups excluding carboxylic acids is 1. The molecule has 0 radical (unpaired) electrons. The highest BCUT2D eigenvalue weighted by atomic mass is 19.1. The molecule has 0 atom stereocenters. The first-order valence-corrected chi connectivity index (χ1v) is 10.1. The molecule has 0 aliphatic heterocycles. The zero-order valence-corrected chi connectivity index (χ0v) is 18.5. The molecule has 10 nitrogen and oxygen atoms in total. The molecule has 172 valence electrons. The molecule has 3 aromatic heterocycles. The molecule has 0 saturated heterocycles. The van der Waals surface area contributed by atoms with Gasteiger partial charge in [-0.25, -0.2) is 19.2 Å². The fraction of sp³-hybridized carbons (Fsp3) is 0.273. The third-order valence-electron chi connectivity index (χ3n) is 4.67. The molecule has 2 N–H and O–H groups in total. The lowest BCUT2D eigenvalue weighted by Gasteiger charge is -2.12. The Morgan fingerprint density at radius 3 is 2.76 bits per heavy atom. The van der Waals surface area contributed by atoms with Crippen molar-refractivity contribution in [1.29, 1.82) is 0 Å². The summed E-state index contributed by atoms with van der Waals surface area (Å²) in [5, 5.41) is 9.48. The Hall–Kier alpha value is -3.99. The normalized spacial score (nSPS) is 11.5. The number of amides is 1. The lowest BCUT2D eigenvalue weighted by Crippen LogP contribution is -2.24. The number of carbonyl (C=O) groups is 1. The Balaban J connectivity index is 1.49. The highest BCUT2D eigenvalue weighted by molar-refractivity contribution is 5.86. The van der Waals surface area contributed by atoms with Gasteiger partial charge in [0.1, 0.15) is 12.1 Å². The number of aromatic nitrogens is 4. The van der Waals surface area contributed by atoms with E-state index >= 15 is 4.39 Å². The molecule has 11 heteroatoms. The van der Waals surface area contributed by atoms with E-state index in [0.717, 1.165) is 4.73 Å². The molecule has 33 heavy (non-hydrogen) atoms. The van der Waals surface area contributed by atoms with Crippen LogP contribution in [0.25, 0.3) is 10.9 Å². The second kappa shape index (κ2) is 8.87. The minimum absolute atomic E-state index is 0.0175. The van der Waals surface area contributed by atoms with Crippen molar-refractivity contribution in [3.8, 4) is 11.6 Å². The van der Waals surface area contributed by atoms with E-state index < -0.39 is 11.9 Å². The summed E-state index contributed by atoms with van der Waals surface area (Å²) in [7, 11) is 1.79. The largest absolute Gasteiger partial charge is 0.437 e. The molecule has 1 aromatic carbocycles. The number of fused-ring (bicyclic) bond motifs is 1. The molecule has 0 spiro atoms. The molecule has 0 aliphatic carbocycles. The van der Waals surface area contributed by atoms with E-state index in [-0.39, 0.29) is 28.2 Å². The van der Waals surface area contributed by atoms with Crippen molar-refractivity contribution >= 4 is 22.8 Å². The Bertz CT molecular complexity index is 1290. The van der Waals surface area contributed by atoms with Crippen molar-refractivity contribution in [3.63, 3.8) is 0 Å². The van der Waals surface area contributed by atoms with E-state index in [4.69, 9.17) is 14.1 Å². The topological polar surface area (TPSA) is 116 Å². The Morgan fingerprint density at radius 2 is 2.03 bits per heavy atom. The van der Waals surface area contributed by atoms with Crippen molar-refractivity contribution in [1.82, 2.24) is 25.2 Å². The maximum atomic E-state index is 15.0. The predicted molar refractivity (Wildman–Crippen MR) is 118 cm³/mol. The molecule has 0 aliphatic rings. The number of benzene rings is 1.